The lowest BCUT2D eigenvalue weighted by Crippen LogP contribution is -2.56. The molecule has 4 heteroatoms. The van der Waals surface area contributed by atoms with Crippen LogP contribution in [0.25, 0.3) is 0 Å². The summed E-state index contributed by atoms with van der Waals surface area (Å²) in [6, 6.07) is 6.85. The molecule has 1 aliphatic carbocycles. The molecule has 1 fully saturated rings. The Morgan fingerprint density at radius 2 is 2.19 bits per heavy atom. The van der Waals surface area contributed by atoms with Crippen LogP contribution in [0.3, 0.4) is 0 Å². The highest BCUT2D eigenvalue weighted by Gasteiger charge is 2.43. The van der Waals surface area contributed by atoms with Gasteiger partial charge < -0.3 is 10.2 Å². The number of phenolic OH excluding ortho intramolecular Hbond substituents is 1. The summed E-state index contributed by atoms with van der Waals surface area (Å²) in [6.07, 6.45) is 2.32. The van der Waals surface area contributed by atoms with Gasteiger partial charge in [-0.15, -0.1) is 0 Å². The van der Waals surface area contributed by atoms with Gasteiger partial charge in [0.2, 0.25) is 0 Å². The number of aliphatic carboxylic acids is 1. The molecule has 0 saturated heterocycles. The number of aromatic hydroxyl groups is 1. The maximum Gasteiger partial charge on any atom is 0.323 e. The van der Waals surface area contributed by atoms with E-state index in [1.165, 1.54) is 0 Å². The molecule has 1 aromatic carbocycles. The van der Waals surface area contributed by atoms with Crippen molar-refractivity contribution in [3.63, 3.8) is 0 Å². The van der Waals surface area contributed by atoms with Gasteiger partial charge >= 0.3 is 5.97 Å². The molecule has 0 unspecified atom stereocenters. The zero-order valence-corrected chi connectivity index (χ0v) is 8.94. The first-order chi connectivity index (χ1) is 7.62. The summed E-state index contributed by atoms with van der Waals surface area (Å²) < 4.78 is 0. The molecule has 0 radical (unpaired) electrons. The van der Waals surface area contributed by atoms with Crippen LogP contribution in [0.4, 0.5) is 0 Å². The number of hydrogen-bond donors (Lipinski definition) is 3. The predicted octanol–water partition coefficient (Wildman–Crippen LogP) is 1.49. The summed E-state index contributed by atoms with van der Waals surface area (Å²) in [6.45, 7) is 0.473. The molecule has 0 amide bonds. The van der Waals surface area contributed by atoms with Crippen molar-refractivity contribution in [2.75, 3.05) is 0 Å². The van der Waals surface area contributed by atoms with E-state index in [0.717, 1.165) is 12.0 Å². The van der Waals surface area contributed by atoms with Gasteiger partial charge in [-0.25, -0.2) is 0 Å². The smallest absolute Gasteiger partial charge is 0.323 e. The molecular weight excluding hydrogens is 206 g/mol. The number of carbonyl (C=O) groups is 1. The second kappa shape index (κ2) is 4.14. The Kier molecular flexibility index (Phi) is 2.83. The first-order valence-electron chi connectivity index (χ1n) is 5.39. The van der Waals surface area contributed by atoms with Crippen molar-refractivity contribution in [2.24, 2.45) is 0 Å². The fourth-order valence-corrected chi connectivity index (χ4v) is 1.93. The Morgan fingerprint density at radius 3 is 2.69 bits per heavy atom. The minimum absolute atomic E-state index is 0.206. The third kappa shape index (κ3) is 2.02. The highest BCUT2D eigenvalue weighted by atomic mass is 16.4. The second-order valence-electron chi connectivity index (χ2n) is 4.26. The van der Waals surface area contributed by atoms with E-state index in [2.05, 4.69) is 5.32 Å². The molecule has 86 valence electrons. The normalized spacial score (nSPS) is 17.8. The van der Waals surface area contributed by atoms with Gasteiger partial charge in [0.1, 0.15) is 11.3 Å². The quantitative estimate of drug-likeness (QED) is 0.720. The van der Waals surface area contributed by atoms with Crippen molar-refractivity contribution in [1.29, 1.82) is 0 Å². The molecule has 2 rings (SSSR count). The Balaban J connectivity index is 1.99. The van der Waals surface area contributed by atoms with Crippen LogP contribution in [0.5, 0.6) is 5.75 Å². The van der Waals surface area contributed by atoms with Crippen LogP contribution in [-0.4, -0.2) is 21.7 Å². The number of carboxylic acids is 1. The molecule has 3 N–H and O–H groups in total. The van der Waals surface area contributed by atoms with Crippen LogP contribution in [0.1, 0.15) is 24.8 Å². The van der Waals surface area contributed by atoms with Crippen molar-refractivity contribution >= 4 is 5.97 Å². The third-order valence-corrected chi connectivity index (χ3v) is 3.16. The number of rotatable bonds is 4. The fourth-order valence-electron chi connectivity index (χ4n) is 1.93. The molecule has 0 aliphatic heterocycles. The van der Waals surface area contributed by atoms with Crippen molar-refractivity contribution in [2.45, 2.75) is 31.3 Å². The topological polar surface area (TPSA) is 69.6 Å². The van der Waals surface area contributed by atoms with Crippen molar-refractivity contribution in [3.05, 3.63) is 29.8 Å². The Morgan fingerprint density at radius 1 is 1.44 bits per heavy atom. The molecule has 1 aliphatic rings. The van der Waals surface area contributed by atoms with E-state index in [9.17, 15) is 9.90 Å². The standard InChI is InChI=1S/C12H15NO3/c14-10-4-1-3-9(7-10)8-13-12(11(15)16)5-2-6-12/h1,3-4,7,13-14H,2,5-6,8H2,(H,15,16). The number of phenols is 1. The van der Waals surface area contributed by atoms with Crippen LogP contribution in [0.15, 0.2) is 24.3 Å². The van der Waals surface area contributed by atoms with Crippen LogP contribution in [0.2, 0.25) is 0 Å². The molecule has 0 atom stereocenters. The van der Waals surface area contributed by atoms with Gasteiger partial charge in [0.05, 0.1) is 0 Å². The molecule has 1 aromatic rings. The molecular formula is C12H15NO3. The van der Waals surface area contributed by atoms with Gasteiger partial charge in [-0.3, -0.25) is 10.1 Å². The van der Waals surface area contributed by atoms with Gasteiger partial charge in [-0.1, -0.05) is 12.1 Å². The largest absolute Gasteiger partial charge is 0.508 e. The van der Waals surface area contributed by atoms with E-state index in [4.69, 9.17) is 5.11 Å². The number of carboxylic acid groups (broad SMARTS) is 1. The van der Waals surface area contributed by atoms with Crippen molar-refractivity contribution in [1.82, 2.24) is 5.32 Å². The number of benzene rings is 1. The summed E-state index contributed by atoms with van der Waals surface area (Å²) in [4.78, 5) is 11.1. The van der Waals surface area contributed by atoms with Crippen LogP contribution in [0, 0.1) is 0 Å². The van der Waals surface area contributed by atoms with Crippen LogP contribution in [-0.2, 0) is 11.3 Å². The maximum absolute atomic E-state index is 11.1. The highest BCUT2D eigenvalue weighted by molar-refractivity contribution is 5.79. The average molecular weight is 221 g/mol. The maximum atomic E-state index is 11.1. The molecule has 0 spiro atoms. The zero-order valence-electron chi connectivity index (χ0n) is 8.94. The summed E-state index contributed by atoms with van der Waals surface area (Å²) in [7, 11) is 0. The molecule has 1 saturated carbocycles. The van der Waals surface area contributed by atoms with E-state index in [-0.39, 0.29) is 5.75 Å². The fraction of sp³-hybridized carbons (Fsp3) is 0.417. The predicted molar refractivity (Wildman–Crippen MR) is 59.2 cm³/mol. The van der Waals surface area contributed by atoms with E-state index in [0.29, 0.717) is 19.4 Å². The second-order valence-corrected chi connectivity index (χ2v) is 4.26. The lowest BCUT2D eigenvalue weighted by molar-refractivity contribution is -0.148. The van der Waals surface area contributed by atoms with Crippen molar-refractivity contribution < 1.29 is 15.0 Å². The molecule has 0 aromatic heterocycles. The summed E-state index contributed by atoms with van der Waals surface area (Å²) in [5.74, 6) is -0.573. The van der Waals surface area contributed by atoms with Gasteiger partial charge in [0.15, 0.2) is 0 Å². The van der Waals surface area contributed by atoms with Gasteiger partial charge in [-0.2, -0.15) is 0 Å². The van der Waals surface area contributed by atoms with Crippen LogP contribution >= 0.6 is 0 Å². The SMILES string of the molecule is O=C(O)C1(NCc2cccc(O)c2)CCC1. The Bertz CT molecular complexity index is 399. The average Bonchev–Trinajstić information content (AvgIpc) is 2.15. The monoisotopic (exact) mass is 221 g/mol. The number of hydrogen-bond acceptors (Lipinski definition) is 3. The molecule has 16 heavy (non-hydrogen) atoms. The van der Waals surface area contributed by atoms with Gasteiger partial charge in [-0.05, 0) is 37.0 Å². The van der Waals surface area contributed by atoms with Gasteiger partial charge in [0, 0.05) is 6.54 Å². The first kappa shape index (κ1) is 11.0. The number of nitrogens with one attached hydrogen (secondary N) is 1. The third-order valence-electron chi connectivity index (χ3n) is 3.16. The van der Waals surface area contributed by atoms with Gasteiger partial charge in [0.25, 0.3) is 0 Å². The van der Waals surface area contributed by atoms with Crippen molar-refractivity contribution in [3.8, 4) is 5.75 Å². The minimum atomic E-state index is -0.779. The Labute approximate surface area is 93.9 Å². The first-order valence-corrected chi connectivity index (χ1v) is 5.39. The molecule has 0 heterocycles. The van der Waals surface area contributed by atoms with E-state index < -0.39 is 11.5 Å². The summed E-state index contributed by atoms with van der Waals surface area (Å²) in [5, 5.41) is 21.4. The molecule has 4 nitrogen and oxygen atoms in total. The lowest BCUT2D eigenvalue weighted by atomic mass is 9.76. The van der Waals surface area contributed by atoms with Crippen LogP contribution < -0.4 is 5.32 Å². The lowest BCUT2D eigenvalue weighted by Gasteiger charge is -2.38. The summed E-state index contributed by atoms with van der Waals surface area (Å²) >= 11 is 0. The zero-order chi connectivity index (χ0) is 11.6. The summed E-state index contributed by atoms with van der Waals surface area (Å²) in [5.41, 5.74) is 0.151. The van der Waals surface area contributed by atoms with E-state index in [1.54, 1.807) is 18.2 Å². The van der Waals surface area contributed by atoms with E-state index >= 15 is 0 Å². The minimum Gasteiger partial charge on any atom is -0.508 e. The highest BCUT2D eigenvalue weighted by Crippen LogP contribution is 2.32. The molecule has 0 bridgehead atoms. The Hall–Kier alpha value is -1.55. The van der Waals surface area contributed by atoms with E-state index in [1.807, 2.05) is 6.07 Å².